The van der Waals surface area contributed by atoms with Crippen molar-refractivity contribution in [2.75, 3.05) is 0 Å². The van der Waals surface area contributed by atoms with Crippen molar-refractivity contribution in [2.24, 2.45) is 0 Å². The largest absolute Gasteiger partial charge is 0.226 e. The van der Waals surface area contributed by atoms with Crippen molar-refractivity contribution in [3.05, 3.63) is 70.8 Å². The summed E-state index contributed by atoms with van der Waals surface area (Å²) in [7, 11) is 0. The van der Waals surface area contributed by atoms with Crippen LogP contribution in [0.25, 0.3) is 17.1 Å². The van der Waals surface area contributed by atoms with Crippen molar-refractivity contribution in [2.45, 2.75) is 24.2 Å². The molecule has 0 radical (unpaired) electrons. The molecule has 2 aromatic heterocycles. The maximum absolute atomic E-state index is 4.60. The number of tetrazole rings is 1. The van der Waals surface area contributed by atoms with Gasteiger partial charge in [0, 0.05) is 10.2 Å². The summed E-state index contributed by atoms with van der Waals surface area (Å²) in [4.78, 5) is 1.58. The molecule has 0 bridgehead atoms. The van der Waals surface area contributed by atoms with Gasteiger partial charge in [0.25, 0.3) is 0 Å². The number of rotatable bonds is 6. The second kappa shape index (κ2) is 8.06. The lowest BCUT2D eigenvalue weighted by Crippen LogP contribution is -1.99. The van der Waals surface area contributed by atoms with Gasteiger partial charge in [-0.1, -0.05) is 46.3 Å². The quantitative estimate of drug-likeness (QED) is 0.410. The Labute approximate surface area is 169 Å². The fraction of sp³-hybridized carbons (Fsp3) is 0.158. The number of thioether (sulfide) groups is 1. The minimum Gasteiger partial charge on any atom is -0.226 e. The van der Waals surface area contributed by atoms with Crippen LogP contribution in [0.4, 0.5) is 0 Å². The lowest BCUT2D eigenvalue weighted by atomic mass is 10.2. The van der Waals surface area contributed by atoms with Gasteiger partial charge in [0.05, 0.1) is 24.0 Å². The molecular formula is C19H17BrN6S. The van der Waals surface area contributed by atoms with Crippen LogP contribution in [-0.2, 0) is 12.3 Å². The van der Waals surface area contributed by atoms with E-state index in [1.54, 1.807) is 16.6 Å². The summed E-state index contributed by atoms with van der Waals surface area (Å²) < 4.78 is 2.96. The molecule has 0 fully saturated rings. The Morgan fingerprint density at radius 2 is 1.81 bits per heavy atom. The van der Waals surface area contributed by atoms with Crippen LogP contribution >= 0.6 is 27.7 Å². The molecule has 136 valence electrons. The number of benzene rings is 2. The zero-order valence-corrected chi connectivity index (χ0v) is 17.1. The Hall–Kier alpha value is -2.45. The van der Waals surface area contributed by atoms with Crippen molar-refractivity contribution in [3.63, 3.8) is 0 Å². The molecule has 2 heterocycles. The summed E-state index contributed by atoms with van der Waals surface area (Å²) in [5.41, 5.74) is 3.13. The van der Waals surface area contributed by atoms with E-state index in [2.05, 4.69) is 60.7 Å². The highest BCUT2D eigenvalue weighted by Gasteiger charge is 2.18. The van der Waals surface area contributed by atoms with Gasteiger partial charge in [0.1, 0.15) is 5.03 Å². The Balaban J connectivity index is 1.73. The smallest absolute Gasteiger partial charge is 0.209 e. The van der Waals surface area contributed by atoms with E-state index >= 15 is 0 Å². The first-order valence-electron chi connectivity index (χ1n) is 8.53. The Morgan fingerprint density at radius 3 is 2.52 bits per heavy atom. The fourth-order valence-electron chi connectivity index (χ4n) is 2.61. The van der Waals surface area contributed by atoms with E-state index < -0.39 is 0 Å². The van der Waals surface area contributed by atoms with Crippen molar-refractivity contribution in [1.82, 2.24) is 30.0 Å². The predicted molar refractivity (Wildman–Crippen MR) is 110 cm³/mol. The lowest BCUT2D eigenvalue weighted by molar-refractivity contribution is 0.552. The molecule has 0 amide bonds. The van der Waals surface area contributed by atoms with Gasteiger partial charge >= 0.3 is 0 Å². The molecule has 8 heteroatoms. The molecule has 6 nitrogen and oxygen atoms in total. The maximum atomic E-state index is 4.60. The summed E-state index contributed by atoms with van der Waals surface area (Å²) in [6.45, 7) is 2.67. The molecule has 27 heavy (non-hydrogen) atoms. The Bertz CT molecular complexity index is 1030. The van der Waals surface area contributed by atoms with E-state index in [4.69, 9.17) is 0 Å². The van der Waals surface area contributed by atoms with Crippen molar-refractivity contribution < 1.29 is 0 Å². The van der Waals surface area contributed by atoms with Crippen molar-refractivity contribution in [1.29, 1.82) is 0 Å². The van der Waals surface area contributed by atoms with Crippen LogP contribution in [0.2, 0.25) is 0 Å². The SMILES string of the molecule is CCn1nnc(-c2cnn(-c3ccc(Br)cc3)c2SCc2ccccc2)n1. The first-order chi connectivity index (χ1) is 13.2. The van der Waals surface area contributed by atoms with Crippen molar-refractivity contribution >= 4 is 27.7 Å². The molecule has 0 unspecified atom stereocenters. The van der Waals surface area contributed by atoms with E-state index in [9.17, 15) is 0 Å². The van der Waals surface area contributed by atoms with Crippen LogP contribution in [0.1, 0.15) is 12.5 Å². The molecule has 0 atom stereocenters. The van der Waals surface area contributed by atoms with Crippen molar-refractivity contribution in [3.8, 4) is 17.1 Å². The first-order valence-corrected chi connectivity index (χ1v) is 10.3. The monoisotopic (exact) mass is 440 g/mol. The first kappa shape index (κ1) is 17.9. The molecule has 0 saturated heterocycles. The molecule has 0 aliphatic carbocycles. The van der Waals surface area contributed by atoms with Crippen LogP contribution < -0.4 is 0 Å². The fourth-order valence-corrected chi connectivity index (χ4v) is 3.94. The van der Waals surface area contributed by atoms with Crippen LogP contribution in [0.3, 0.4) is 0 Å². The van der Waals surface area contributed by atoms with Gasteiger partial charge in [0.2, 0.25) is 5.82 Å². The van der Waals surface area contributed by atoms with E-state index in [-0.39, 0.29) is 0 Å². The van der Waals surface area contributed by atoms with Gasteiger partial charge in [-0.2, -0.15) is 9.90 Å². The molecule has 0 aliphatic rings. The molecular weight excluding hydrogens is 424 g/mol. The number of aromatic nitrogens is 6. The van der Waals surface area contributed by atoms with E-state index in [1.807, 2.05) is 48.1 Å². The van der Waals surface area contributed by atoms with E-state index in [0.29, 0.717) is 12.4 Å². The summed E-state index contributed by atoms with van der Waals surface area (Å²) in [6, 6.07) is 18.5. The third-order valence-corrected chi connectivity index (χ3v) is 5.66. The molecule has 4 aromatic rings. The van der Waals surface area contributed by atoms with Crippen LogP contribution in [-0.4, -0.2) is 30.0 Å². The number of nitrogens with zero attached hydrogens (tertiary/aromatic N) is 6. The lowest BCUT2D eigenvalue weighted by Gasteiger charge is -2.09. The van der Waals surface area contributed by atoms with E-state index in [0.717, 1.165) is 26.5 Å². The highest BCUT2D eigenvalue weighted by Crippen LogP contribution is 2.33. The van der Waals surface area contributed by atoms with Gasteiger partial charge < -0.3 is 0 Å². The average Bonchev–Trinajstić information content (AvgIpc) is 3.34. The van der Waals surface area contributed by atoms with Gasteiger partial charge in [-0.3, -0.25) is 0 Å². The Kier molecular flexibility index (Phi) is 5.35. The summed E-state index contributed by atoms with van der Waals surface area (Å²) in [6.07, 6.45) is 1.81. The third-order valence-electron chi connectivity index (χ3n) is 3.99. The highest BCUT2D eigenvalue weighted by atomic mass is 79.9. The minimum atomic E-state index is 0.593. The zero-order chi connectivity index (χ0) is 18.6. The maximum Gasteiger partial charge on any atom is 0.209 e. The summed E-state index contributed by atoms with van der Waals surface area (Å²) in [5.74, 6) is 1.42. The summed E-state index contributed by atoms with van der Waals surface area (Å²) in [5, 5.41) is 18.3. The normalized spacial score (nSPS) is 11.0. The van der Waals surface area contributed by atoms with Gasteiger partial charge in [0.15, 0.2) is 0 Å². The molecule has 0 aliphatic heterocycles. The van der Waals surface area contributed by atoms with Crippen LogP contribution in [0.15, 0.2) is 70.3 Å². The zero-order valence-electron chi connectivity index (χ0n) is 14.7. The Morgan fingerprint density at radius 1 is 1.04 bits per heavy atom. The number of halogens is 1. The highest BCUT2D eigenvalue weighted by molar-refractivity contribution is 9.10. The third kappa shape index (κ3) is 3.96. The molecule has 0 spiro atoms. The topological polar surface area (TPSA) is 61.4 Å². The van der Waals surface area contributed by atoms with Crippen LogP contribution in [0, 0.1) is 0 Å². The van der Waals surface area contributed by atoms with E-state index in [1.165, 1.54) is 5.56 Å². The number of aryl methyl sites for hydroxylation is 1. The molecule has 0 N–H and O–H groups in total. The standard InChI is InChI=1S/C19H17BrN6S/c1-2-25-23-18(22-24-25)17-12-21-26(16-10-8-15(20)9-11-16)19(17)27-13-14-6-4-3-5-7-14/h3-12H,2,13H2,1H3. The predicted octanol–water partition coefficient (Wildman–Crippen LogP) is 4.60. The molecule has 4 rings (SSSR count). The minimum absolute atomic E-state index is 0.593. The van der Waals surface area contributed by atoms with Crippen LogP contribution in [0.5, 0.6) is 0 Å². The second-order valence-electron chi connectivity index (χ2n) is 5.83. The molecule has 0 saturated carbocycles. The average molecular weight is 441 g/mol. The summed E-state index contributed by atoms with van der Waals surface area (Å²) >= 11 is 5.20. The molecule has 2 aromatic carbocycles. The van der Waals surface area contributed by atoms with Gasteiger partial charge in [-0.15, -0.1) is 22.0 Å². The number of hydrogen-bond donors (Lipinski definition) is 0. The second-order valence-corrected chi connectivity index (χ2v) is 7.71. The van der Waals surface area contributed by atoms with Gasteiger partial charge in [-0.05, 0) is 42.0 Å². The van der Waals surface area contributed by atoms with Gasteiger partial charge in [-0.25, -0.2) is 4.68 Å². The number of hydrogen-bond acceptors (Lipinski definition) is 5.